The Morgan fingerprint density at radius 2 is 2.11 bits per heavy atom. The second-order valence-corrected chi connectivity index (χ2v) is 5.00. The van der Waals surface area contributed by atoms with Crippen LogP contribution in [0.5, 0.6) is 0 Å². The average molecular weight is 260 g/mol. The molecular formula is C16H20O3. The molecule has 0 aromatic heterocycles. The predicted molar refractivity (Wildman–Crippen MR) is 74.0 cm³/mol. The third kappa shape index (κ3) is 3.67. The molecule has 1 aromatic carbocycles. The number of allylic oxidation sites excluding steroid dienone is 2. The Kier molecular flexibility index (Phi) is 4.74. The fourth-order valence-corrected chi connectivity index (χ4v) is 2.47. The van der Waals surface area contributed by atoms with Gasteiger partial charge in [0.2, 0.25) is 0 Å². The molecule has 1 N–H and O–H groups in total. The van der Waals surface area contributed by atoms with Crippen LogP contribution in [-0.4, -0.2) is 24.3 Å². The Morgan fingerprint density at radius 3 is 2.68 bits per heavy atom. The number of ether oxygens (including phenoxy) is 1. The van der Waals surface area contributed by atoms with Crippen molar-refractivity contribution in [3.8, 4) is 0 Å². The Balaban J connectivity index is 1.95. The molecule has 3 nitrogen and oxygen atoms in total. The maximum atomic E-state index is 11.3. The molecule has 1 aliphatic rings. The minimum atomic E-state index is -0.329. The van der Waals surface area contributed by atoms with Gasteiger partial charge in [0.05, 0.1) is 18.8 Å². The molecule has 1 aliphatic carbocycles. The van der Waals surface area contributed by atoms with Crippen LogP contribution in [0.4, 0.5) is 0 Å². The molecule has 0 fully saturated rings. The lowest BCUT2D eigenvalue weighted by Crippen LogP contribution is -2.23. The van der Waals surface area contributed by atoms with Gasteiger partial charge in [-0.05, 0) is 49.3 Å². The van der Waals surface area contributed by atoms with Crippen LogP contribution in [0.3, 0.4) is 0 Å². The first kappa shape index (κ1) is 13.8. The zero-order valence-electron chi connectivity index (χ0n) is 11.2. The average Bonchev–Trinajstić information content (AvgIpc) is 2.48. The fourth-order valence-electron chi connectivity index (χ4n) is 2.47. The van der Waals surface area contributed by atoms with Gasteiger partial charge in [0, 0.05) is 0 Å². The van der Waals surface area contributed by atoms with E-state index in [0.29, 0.717) is 17.9 Å². The molecule has 2 rings (SSSR count). The third-order valence-electron chi connectivity index (χ3n) is 3.67. The zero-order chi connectivity index (χ0) is 13.7. The van der Waals surface area contributed by atoms with E-state index in [9.17, 15) is 9.90 Å². The third-order valence-corrected chi connectivity index (χ3v) is 3.67. The van der Waals surface area contributed by atoms with Crippen molar-refractivity contribution in [3.05, 3.63) is 47.5 Å². The molecule has 0 radical (unpaired) electrons. The molecule has 0 unspecified atom stereocenters. The van der Waals surface area contributed by atoms with Gasteiger partial charge in [0.25, 0.3) is 0 Å². The number of aliphatic hydroxyl groups excluding tert-OH is 1. The Morgan fingerprint density at radius 1 is 1.37 bits per heavy atom. The van der Waals surface area contributed by atoms with Gasteiger partial charge in [0.1, 0.15) is 0 Å². The highest BCUT2D eigenvalue weighted by Crippen LogP contribution is 2.24. The van der Waals surface area contributed by atoms with E-state index in [0.717, 1.165) is 24.8 Å². The zero-order valence-corrected chi connectivity index (χ0v) is 11.2. The van der Waals surface area contributed by atoms with E-state index in [2.05, 4.69) is 16.9 Å². The first-order chi connectivity index (χ1) is 9.20. The number of carbonyl (C=O) groups is 1. The number of hydrogen-bond acceptors (Lipinski definition) is 3. The Bertz CT molecular complexity index is 448. The molecular weight excluding hydrogens is 240 g/mol. The first-order valence-corrected chi connectivity index (χ1v) is 6.71. The number of aliphatic hydroxyl groups is 1. The van der Waals surface area contributed by atoms with Gasteiger partial charge in [-0.25, -0.2) is 4.79 Å². The van der Waals surface area contributed by atoms with Crippen molar-refractivity contribution in [3.63, 3.8) is 0 Å². The summed E-state index contributed by atoms with van der Waals surface area (Å²) in [6, 6.07) is 7.26. The van der Waals surface area contributed by atoms with Gasteiger partial charge >= 0.3 is 5.97 Å². The van der Waals surface area contributed by atoms with Crippen molar-refractivity contribution in [1.29, 1.82) is 0 Å². The lowest BCUT2D eigenvalue weighted by molar-refractivity contribution is 0.0600. The summed E-state index contributed by atoms with van der Waals surface area (Å²) >= 11 is 0. The number of esters is 1. The van der Waals surface area contributed by atoms with Crippen molar-refractivity contribution in [1.82, 2.24) is 0 Å². The fraction of sp³-hybridized carbons (Fsp3) is 0.438. The number of rotatable bonds is 4. The largest absolute Gasteiger partial charge is 0.465 e. The van der Waals surface area contributed by atoms with Crippen LogP contribution >= 0.6 is 0 Å². The number of carbonyl (C=O) groups excluding carboxylic acids is 1. The van der Waals surface area contributed by atoms with Crippen LogP contribution in [0.1, 0.15) is 35.2 Å². The summed E-state index contributed by atoms with van der Waals surface area (Å²) in [7, 11) is 1.37. The SMILES string of the molecule is COC(=O)c1ccc(C[C@@H](O)[C@@H]2CC=CCC2)cc1. The highest BCUT2D eigenvalue weighted by atomic mass is 16.5. The van der Waals surface area contributed by atoms with Gasteiger partial charge in [-0.1, -0.05) is 24.3 Å². The Hall–Kier alpha value is -1.61. The summed E-state index contributed by atoms with van der Waals surface area (Å²) in [5, 5.41) is 10.2. The van der Waals surface area contributed by atoms with Crippen molar-refractivity contribution >= 4 is 5.97 Å². The minimum Gasteiger partial charge on any atom is -0.465 e. The maximum absolute atomic E-state index is 11.3. The highest BCUT2D eigenvalue weighted by Gasteiger charge is 2.19. The second-order valence-electron chi connectivity index (χ2n) is 5.00. The molecule has 0 spiro atoms. The molecule has 0 heterocycles. The van der Waals surface area contributed by atoms with Gasteiger partial charge in [-0.2, -0.15) is 0 Å². The lowest BCUT2D eigenvalue weighted by atomic mass is 9.86. The molecule has 0 aliphatic heterocycles. The minimum absolute atomic E-state index is 0.311. The van der Waals surface area contributed by atoms with Crippen molar-refractivity contribution in [2.24, 2.45) is 5.92 Å². The normalized spacial score (nSPS) is 20.0. The van der Waals surface area contributed by atoms with E-state index in [1.54, 1.807) is 12.1 Å². The van der Waals surface area contributed by atoms with Crippen LogP contribution in [-0.2, 0) is 11.2 Å². The van der Waals surface area contributed by atoms with E-state index in [4.69, 9.17) is 0 Å². The van der Waals surface area contributed by atoms with Crippen molar-refractivity contribution < 1.29 is 14.6 Å². The maximum Gasteiger partial charge on any atom is 0.337 e. The standard InChI is InChI=1S/C16H20O3/c1-19-16(18)14-9-7-12(8-10-14)11-15(17)13-5-3-2-4-6-13/h2-3,7-10,13,15,17H,4-6,11H2,1H3/t13-,15-/m1/s1. The molecule has 0 bridgehead atoms. The summed E-state index contributed by atoms with van der Waals surface area (Å²) in [5.41, 5.74) is 1.59. The quantitative estimate of drug-likeness (QED) is 0.669. The van der Waals surface area contributed by atoms with Crippen molar-refractivity contribution in [2.45, 2.75) is 31.8 Å². The van der Waals surface area contributed by atoms with E-state index in [-0.39, 0.29) is 12.1 Å². The number of benzene rings is 1. The van der Waals surface area contributed by atoms with Gasteiger partial charge in [-0.3, -0.25) is 0 Å². The summed E-state index contributed by atoms with van der Waals surface area (Å²) in [6.45, 7) is 0. The van der Waals surface area contributed by atoms with Crippen LogP contribution in [0.15, 0.2) is 36.4 Å². The molecule has 0 amide bonds. The monoisotopic (exact) mass is 260 g/mol. The Labute approximate surface area is 113 Å². The van der Waals surface area contributed by atoms with E-state index >= 15 is 0 Å². The molecule has 102 valence electrons. The molecule has 2 atom stereocenters. The van der Waals surface area contributed by atoms with Crippen LogP contribution in [0.2, 0.25) is 0 Å². The lowest BCUT2D eigenvalue weighted by Gasteiger charge is -2.23. The second kappa shape index (κ2) is 6.53. The predicted octanol–water partition coefficient (Wildman–Crippen LogP) is 2.73. The van der Waals surface area contributed by atoms with Gasteiger partial charge in [0.15, 0.2) is 0 Å². The van der Waals surface area contributed by atoms with E-state index < -0.39 is 0 Å². The molecule has 1 aromatic rings. The van der Waals surface area contributed by atoms with Gasteiger partial charge < -0.3 is 9.84 Å². The topological polar surface area (TPSA) is 46.5 Å². The molecule has 19 heavy (non-hydrogen) atoms. The van der Waals surface area contributed by atoms with Crippen molar-refractivity contribution in [2.75, 3.05) is 7.11 Å². The number of hydrogen-bond donors (Lipinski definition) is 1. The van der Waals surface area contributed by atoms with Crippen LogP contribution < -0.4 is 0 Å². The highest BCUT2D eigenvalue weighted by molar-refractivity contribution is 5.89. The molecule has 0 saturated carbocycles. The van der Waals surface area contributed by atoms with Crippen LogP contribution in [0, 0.1) is 5.92 Å². The first-order valence-electron chi connectivity index (χ1n) is 6.71. The summed E-state index contributed by atoms with van der Waals surface area (Å²) < 4.78 is 4.66. The molecule has 0 saturated heterocycles. The van der Waals surface area contributed by atoms with Crippen LogP contribution in [0.25, 0.3) is 0 Å². The van der Waals surface area contributed by atoms with E-state index in [1.807, 2.05) is 12.1 Å². The smallest absolute Gasteiger partial charge is 0.337 e. The molecule has 3 heteroatoms. The summed E-state index contributed by atoms with van der Waals surface area (Å²) in [4.78, 5) is 11.3. The van der Waals surface area contributed by atoms with E-state index in [1.165, 1.54) is 7.11 Å². The number of methoxy groups -OCH3 is 1. The van der Waals surface area contributed by atoms with Gasteiger partial charge in [-0.15, -0.1) is 0 Å². The summed E-state index contributed by atoms with van der Waals surface area (Å²) in [6.07, 6.45) is 7.72. The summed E-state index contributed by atoms with van der Waals surface area (Å²) in [5.74, 6) is 0.0230.